The van der Waals surface area contributed by atoms with Crippen LogP contribution in [0.4, 0.5) is 5.82 Å². The standard InChI is InChI=1S/C20H31N5O2/c1-15(2)25-6-3-18(20(25)26)23-7-9-24(10-8-23)19-13-17(21-14-22-19)16-4-11-27-12-5-16/h13-16,18H,3-12H2,1-2H3. The third-order valence-corrected chi connectivity index (χ3v) is 6.23. The van der Waals surface area contributed by atoms with E-state index in [1.807, 2.05) is 4.90 Å². The minimum Gasteiger partial charge on any atom is -0.381 e. The zero-order valence-corrected chi connectivity index (χ0v) is 16.5. The van der Waals surface area contributed by atoms with Crippen molar-refractivity contribution in [1.82, 2.24) is 19.8 Å². The molecule has 0 N–H and O–H groups in total. The lowest BCUT2D eigenvalue weighted by Gasteiger charge is -2.38. The zero-order chi connectivity index (χ0) is 18.8. The van der Waals surface area contributed by atoms with Crippen LogP contribution in [-0.2, 0) is 9.53 Å². The maximum Gasteiger partial charge on any atom is 0.240 e. The molecule has 0 aliphatic carbocycles. The molecule has 0 spiro atoms. The van der Waals surface area contributed by atoms with Crippen molar-refractivity contribution in [1.29, 1.82) is 0 Å². The van der Waals surface area contributed by atoms with Gasteiger partial charge in [-0.3, -0.25) is 9.69 Å². The van der Waals surface area contributed by atoms with Gasteiger partial charge in [-0.1, -0.05) is 0 Å². The summed E-state index contributed by atoms with van der Waals surface area (Å²) in [6, 6.07) is 2.53. The van der Waals surface area contributed by atoms with Crippen LogP contribution < -0.4 is 4.90 Å². The van der Waals surface area contributed by atoms with Gasteiger partial charge in [-0.15, -0.1) is 0 Å². The summed E-state index contributed by atoms with van der Waals surface area (Å²) in [6.45, 7) is 10.4. The minimum absolute atomic E-state index is 0.0674. The molecule has 3 saturated heterocycles. The average Bonchev–Trinajstić information content (AvgIpc) is 3.10. The Hall–Kier alpha value is -1.73. The van der Waals surface area contributed by atoms with E-state index in [1.165, 1.54) is 0 Å². The number of anilines is 1. The van der Waals surface area contributed by atoms with Gasteiger partial charge in [-0.05, 0) is 33.1 Å². The molecule has 7 nitrogen and oxygen atoms in total. The van der Waals surface area contributed by atoms with Crippen LogP contribution in [0.15, 0.2) is 12.4 Å². The van der Waals surface area contributed by atoms with Crippen LogP contribution in [0.5, 0.6) is 0 Å². The Kier molecular flexibility index (Phi) is 5.59. The largest absolute Gasteiger partial charge is 0.381 e. The number of hydrogen-bond acceptors (Lipinski definition) is 6. The smallest absolute Gasteiger partial charge is 0.240 e. The molecule has 4 heterocycles. The number of carbonyl (C=O) groups is 1. The number of nitrogens with zero attached hydrogens (tertiary/aromatic N) is 5. The van der Waals surface area contributed by atoms with Gasteiger partial charge in [0.05, 0.1) is 6.04 Å². The molecule has 27 heavy (non-hydrogen) atoms. The second kappa shape index (κ2) is 8.10. The van der Waals surface area contributed by atoms with E-state index in [-0.39, 0.29) is 6.04 Å². The van der Waals surface area contributed by atoms with Crippen LogP contribution in [0.1, 0.15) is 44.7 Å². The normalized spacial score (nSPS) is 25.6. The second-order valence-corrected chi connectivity index (χ2v) is 8.14. The second-order valence-electron chi connectivity index (χ2n) is 8.14. The van der Waals surface area contributed by atoms with Gasteiger partial charge in [0.25, 0.3) is 0 Å². The molecule has 1 aromatic heterocycles. The van der Waals surface area contributed by atoms with E-state index < -0.39 is 0 Å². The average molecular weight is 374 g/mol. The number of amides is 1. The van der Waals surface area contributed by atoms with Gasteiger partial charge in [0.15, 0.2) is 0 Å². The van der Waals surface area contributed by atoms with Crippen LogP contribution in [0, 0.1) is 0 Å². The Labute approximate surface area is 161 Å². The quantitative estimate of drug-likeness (QED) is 0.797. The number of likely N-dealkylation sites (tertiary alicyclic amines) is 1. The Balaban J connectivity index is 1.36. The predicted octanol–water partition coefficient (Wildman–Crippen LogP) is 1.50. The van der Waals surface area contributed by atoms with Crippen molar-refractivity contribution >= 4 is 11.7 Å². The summed E-state index contributed by atoms with van der Waals surface area (Å²) in [4.78, 5) is 28.4. The zero-order valence-electron chi connectivity index (χ0n) is 16.5. The van der Waals surface area contributed by atoms with Crippen molar-refractivity contribution in [2.24, 2.45) is 0 Å². The van der Waals surface area contributed by atoms with Crippen molar-refractivity contribution in [3.8, 4) is 0 Å². The highest BCUT2D eigenvalue weighted by Gasteiger charge is 2.38. The van der Waals surface area contributed by atoms with Gasteiger partial charge in [-0.2, -0.15) is 0 Å². The Bertz CT molecular complexity index is 654. The summed E-state index contributed by atoms with van der Waals surface area (Å²) >= 11 is 0. The first-order chi connectivity index (χ1) is 13.1. The molecular weight excluding hydrogens is 342 g/mol. The molecule has 0 radical (unpaired) electrons. The number of rotatable bonds is 4. The first-order valence-electron chi connectivity index (χ1n) is 10.3. The van der Waals surface area contributed by atoms with Crippen LogP contribution in [-0.4, -0.2) is 83.7 Å². The summed E-state index contributed by atoms with van der Waals surface area (Å²) in [5.41, 5.74) is 1.14. The fourth-order valence-electron chi connectivity index (χ4n) is 4.55. The summed E-state index contributed by atoms with van der Waals surface area (Å²) in [6.07, 6.45) is 4.74. The van der Waals surface area contributed by atoms with Crippen molar-refractivity contribution in [3.63, 3.8) is 0 Å². The van der Waals surface area contributed by atoms with E-state index in [9.17, 15) is 4.79 Å². The first kappa shape index (κ1) is 18.6. The highest BCUT2D eigenvalue weighted by molar-refractivity contribution is 5.84. The van der Waals surface area contributed by atoms with E-state index in [2.05, 4.69) is 39.7 Å². The Morgan fingerprint density at radius 2 is 1.78 bits per heavy atom. The molecule has 4 rings (SSSR count). The number of aromatic nitrogens is 2. The van der Waals surface area contributed by atoms with Crippen molar-refractivity contribution < 1.29 is 9.53 Å². The summed E-state index contributed by atoms with van der Waals surface area (Å²) in [5.74, 6) is 1.81. The summed E-state index contributed by atoms with van der Waals surface area (Å²) in [5, 5.41) is 0. The summed E-state index contributed by atoms with van der Waals surface area (Å²) in [7, 11) is 0. The van der Waals surface area contributed by atoms with Crippen LogP contribution in [0.3, 0.4) is 0 Å². The maximum atomic E-state index is 12.7. The predicted molar refractivity (Wildman–Crippen MR) is 104 cm³/mol. The Morgan fingerprint density at radius 3 is 2.44 bits per heavy atom. The molecule has 0 bridgehead atoms. The van der Waals surface area contributed by atoms with Crippen molar-refractivity contribution in [2.45, 2.75) is 51.1 Å². The lowest BCUT2D eigenvalue weighted by Crippen LogP contribution is -2.53. The van der Waals surface area contributed by atoms with Gasteiger partial charge in [0, 0.05) is 69.7 Å². The van der Waals surface area contributed by atoms with Gasteiger partial charge in [0.1, 0.15) is 12.1 Å². The van der Waals surface area contributed by atoms with E-state index in [4.69, 9.17) is 4.74 Å². The number of piperazine rings is 1. The van der Waals surface area contributed by atoms with Gasteiger partial charge >= 0.3 is 0 Å². The molecule has 1 atom stereocenters. The molecule has 1 unspecified atom stereocenters. The molecule has 3 aliphatic rings. The number of ether oxygens (including phenoxy) is 1. The highest BCUT2D eigenvalue weighted by Crippen LogP contribution is 2.28. The fourth-order valence-corrected chi connectivity index (χ4v) is 4.55. The van der Waals surface area contributed by atoms with Crippen molar-refractivity contribution in [3.05, 3.63) is 18.1 Å². The van der Waals surface area contributed by atoms with E-state index in [1.54, 1.807) is 6.33 Å². The molecule has 0 aromatic carbocycles. The van der Waals surface area contributed by atoms with Crippen LogP contribution >= 0.6 is 0 Å². The summed E-state index contributed by atoms with van der Waals surface area (Å²) < 4.78 is 5.47. The van der Waals surface area contributed by atoms with Gasteiger partial charge in [0.2, 0.25) is 5.91 Å². The number of hydrogen-bond donors (Lipinski definition) is 0. The maximum absolute atomic E-state index is 12.7. The van der Waals surface area contributed by atoms with Gasteiger partial charge < -0.3 is 14.5 Å². The minimum atomic E-state index is 0.0674. The molecule has 3 fully saturated rings. The SMILES string of the molecule is CC(C)N1CCC(N2CCN(c3cc(C4CCOCC4)ncn3)CC2)C1=O. The third-order valence-electron chi connectivity index (χ3n) is 6.23. The van der Waals surface area contributed by atoms with E-state index in [0.29, 0.717) is 17.9 Å². The molecule has 0 saturated carbocycles. The molecular formula is C20H31N5O2. The highest BCUT2D eigenvalue weighted by atomic mass is 16.5. The third kappa shape index (κ3) is 3.94. The van der Waals surface area contributed by atoms with Crippen molar-refractivity contribution in [2.75, 3.05) is 50.8 Å². The fraction of sp³-hybridized carbons (Fsp3) is 0.750. The van der Waals surface area contributed by atoms with Gasteiger partial charge in [-0.25, -0.2) is 9.97 Å². The lowest BCUT2D eigenvalue weighted by molar-refractivity contribution is -0.133. The molecule has 3 aliphatic heterocycles. The molecule has 1 aromatic rings. The van der Waals surface area contributed by atoms with E-state index in [0.717, 1.165) is 76.7 Å². The first-order valence-corrected chi connectivity index (χ1v) is 10.3. The molecule has 1 amide bonds. The molecule has 148 valence electrons. The Morgan fingerprint density at radius 1 is 1.04 bits per heavy atom. The van der Waals surface area contributed by atoms with Crippen LogP contribution in [0.2, 0.25) is 0 Å². The van der Waals surface area contributed by atoms with Crippen LogP contribution in [0.25, 0.3) is 0 Å². The van der Waals surface area contributed by atoms with E-state index >= 15 is 0 Å². The number of carbonyl (C=O) groups excluding carboxylic acids is 1. The lowest BCUT2D eigenvalue weighted by atomic mass is 9.96. The molecule has 7 heteroatoms. The topological polar surface area (TPSA) is 61.8 Å². The monoisotopic (exact) mass is 373 g/mol.